The Morgan fingerprint density at radius 3 is 2.88 bits per heavy atom. The molecule has 0 saturated carbocycles. The zero-order chi connectivity index (χ0) is 18.7. The quantitative estimate of drug-likeness (QED) is 0.377. The molecule has 134 valence electrons. The molecular weight excluding hydrogens is 374 g/mol. The van der Waals surface area contributed by atoms with Gasteiger partial charge in [-0.1, -0.05) is 17.4 Å². The number of methoxy groups -OCH3 is 1. The lowest BCUT2D eigenvalue weighted by Gasteiger charge is -2.06. The van der Waals surface area contributed by atoms with Crippen molar-refractivity contribution >= 4 is 50.6 Å². The van der Waals surface area contributed by atoms with Gasteiger partial charge in [0.25, 0.3) is 11.6 Å². The molecule has 0 saturated heterocycles. The number of aromatic nitrogens is 1. The number of benzene rings is 1. The van der Waals surface area contributed by atoms with E-state index in [1.807, 2.05) is 29.0 Å². The van der Waals surface area contributed by atoms with Gasteiger partial charge in [0.15, 0.2) is 10.6 Å². The molecule has 1 amide bonds. The average Bonchev–Trinajstić information content (AvgIpc) is 3.25. The second-order valence-corrected chi connectivity index (χ2v) is 7.17. The average molecular weight is 389 g/mol. The van der Waals surface area contributed by atoms with Crippen molar-refractivity contribution in [2.75, 3.05) is 7.11 Å². The molecule has 0 aliphatic rings. The largest absolute Gasteiger partial charge is 0.494 e. The molecular formula is C17H15N3O4S2. The lowest BCUT2D eigenvalue weighted by molar-refractivity contribution is -0.384. The van der Waals surface area contributed by atoms with Crippen LogP contribution in [0.1, 0.15) is 11.8 Å². The van der Waals surface area contributed by atoms with E-state index in [0.29, 0.717) is 27.3 Å². The van der Waals surface area contributed by atoms with Gasteiger partial charge in [0, 0.05) is 23.6 Å². The van der Waals surface area contributed by atoms with Gasteiger partial charge in [0.05, 0.1) is 22.8 Å². The Bertz CT molecular complexity index is 1060. The van der Waals surface area contributed by atoms with Crippen LogP contribution in [0.15, 0.2) is 40.7 Å². The van der Waals surface area contributed by atoms with Crippen molar-refractivity contribution < 1.29 is 14.5 Å². The second kappa shape index (κ2) is 7.63. The molecule has 3 rings (SSSR count). The van der Waals surface area contributed by atoms with E-state index >= 15 is 0 Å². The van der Waals surface area contributed by atoms with Crippen LogP contribution in [0.5, 0.6) is 5.75 Å². The number of nitro benzene ring substituents is 1. The number of hydrogen-bond acceptors (Lipinski definition) is 6. The second-order valence-electron chi connectivity index (χ2n) is 5.18. The summed E-state index contributed by atoms with van der Waals surface area (Å²) < 4.78 is 7.78. The number of amides is 1. The molecule has 0 bridgehead atoms. The Balaban J connectivity index is 2.10. The number of rotatable bonds is 5. The molecule has 0 N–H and O–H groups in total. The summed E-state index contributed by atoms with van der Waals surface area (Å²) >= 11 is 2.75. The maximum atomic E-state index is 12.2. The number of nitro groups is 1. The Kier molecular flexibility index (Phi) is 5.29. The number of nitrogens with zero attached hydrogens (tertiary/aromatic N) is 3. The van der Waals surface area contributed by atoms with Gasteiger partial charge in [0.1, 0.15) is 5.52 Å². The molecule has 1 aromatic carbocycles. The van der Waals surface area contributed by atoms with Gasteiger partial charge in [-0.05, 0) is 24.4 Å². The summed E-state index contributed by atoms with van der Waals surface area (Å²) in [6.07, 6.45) is 3.13. The molecule has 0 atom stereocenters. The van der Waals surface area contributed by atoms with Gasteiger partial charge < -0.3 is 9.30 Å². The SMILES string of the molecule is CCn1c(=NC(=O)C=Cc2cccs2)sc2cc([N+](=O)[O-])cc(OC)c21. The first kappa shape index (κ1) is 18.0. The molecule has 9 heteroatoms. The fraction of sp³-hybridized carbons (Fsp3) is 0.176. The lowest BCUT2D eigenvalue weighted by Crippen LogP contribution is -2.15. The van der Waals surface area contributed by atoms with E-state index in [2.05, 4.69) is 4.99 Å². The molecule has 0 unspecified atom stereocenters. The Morgan fingerprint density at radius 1 is 1.46 bits per heavy atom. The van der Waals surface area contributed by atoms with Crippen LogP contribution in [0.3, 0.4) is 0 Å². The molecule has 0 radical (unpaired) electrons. The van der Waals surface area contributed by atoms with Crippen molar-refractivity contribution in [2.45, 2.75) is 13.5 Å². The fourth-order valence-corrected chi connectivity index (χ4v) is 4.24. The molecule has 2 aromatic heterocycles. The van der Waals surface area contributed by atoms with Crippen LogP contribution in [0.2, 0.25) is 0 Å². The van der Waals surface area contributed by atoms with E-state index in [9.17, 15) is 14.9 Å². The first-order valence-electron chi connectivity index (χ1n) is 7.69. The normalized spacial score (nSPS) is 12.2. The number of carbonyl (C=O) groups excluding carboxylic acids is 1. The van der Waals surface area contributed by atoms with Crippen molar-refractivity contribution in [1.82, 2.24) is 4.57 Å². The van der Waals surface area contributed by atoms with Gasteiger partial charge in [-0.2, -0.15) is 4.99 Å². The molecule has 3 aromatic rings. The van der Waals surface area contributed by atoms with Gasteiger partial charge >= 0.3 is 0 Å². The summed E-state index contributed by atoms with van der Waals surface area (Å²) in [6.45, 7) is 2.47. The zero-order valence-corrected chi connectivity index (χ0v) is 15.7. The number of thiazole rings is 1. The molecule has 26 heavy (non-hydrogen) atoms. The predicted octanol–water partition coefficient (Wildman–Crippen LogP) is 3.84. The van der Waals surface area contributed by atoms with Crippen molar-refractivity contribution in [2.24, 2.45) is 4.99 Å². The summed E-state index contributed by atoms with van der Waals surface area (Å²) in [7, 11) is 1.46. The summed E-state index contributed by atoms with van der Waals surface area (Å²) in [5, 5.41) is 13.0. The number of ether oxygens (including phenoxy) is 1. The molecule has 0 aliphatic heterocycles. The number of hydrogen-bond donors (Lipinski definition) is 0. The third kappa shape index (κ3) is 3.58. The Labute approximate surface area is 156 Å². The Morgan fingerprint density at radius 2 is 2.27 bits per heavy atom. The smallest absolute Gasteiger partial charge is 0.274 e. The number of aryl methyl sites for hydroxylation is 1. The maximum Gasteiger partial charge on any atom is 0.274 e. The minimum atomic E-state index is -0.469. The van der Waals surface area contributed by atoms with Crippen LogP contribution >= 0.6 is 22.7 Å². The standard InChI is InChI=1S/C17H15N3O4S2/c1-3-19-16-13(24-2)9-11(20(22)23)10-14(16)26-17(19)18-15(21)7-6-12-5-4-8-25-12/h4-10H,3H2,1-2H3. The third-order valence-electron chi connectivity index (χ3n) is 3.61. The molecule has 0 spiro atoms. The molecule has 0 aliphatic carbocycles. The Hall–Kier alpha value is -2.78. The van der Waals surface area contributed by atoms with Crippen molar-refractivity contribution in [3.05, 3.63) is 55.5 Å². The van der Waals surface area contributed by atoms with Crippen molar-refractivity contribution in [3.63, 3.8) is 0 Å². The van der Waals surface area contributed by atoms with Gasteiger partial charge in [-0.3, -0.25) is 14.9 Å². The number of non-ortho nitro benzene ring substituents is 1. The zero-order valence-electron chi connectivity index (χ0n) is 14.0. The number of thiophene rings is 1. The summed E-state index contributed by atoms with van der Waals surface area (Å²) in [6, 6.07) is 6.66. The van der Waals surface area contributed by atoms with Gasteiger partial charge in [0.2, 0.25) is 0 Å². The van der Waals surface area contributed by atoms with E-state index in [1.165, 1.54) is 48.0 Å². The highest BCUT2D eigenvalue weighted by atomic mass is 32.1. The predicted molar refractivity (Wildman–Crippen MR) is 103 cm³/mol. The number of fused-ring (bicyclic) bond motifs is 1. The van der Waals surface area contributed by atoms with E-state index < -0.39 is 4.92 Å². The van der Waals surface area contributed by atoms with E-state index in [4.69, 9.17) is 4.74 Å². The van der Waals surface area contributed by atoms with Crippen LogP contribution < -0.4 is 9.54 Å². The molecule has 2 heterocycles. The summed E-state index contributed by atoms with van der Waals surface area (Å²) in [5.41, 5.74) is 0.633. The van der Waals surface area contributed by atoms with E-state index in [0.717, 1.165) is 4.88 Å². The highest BCUT2D eigenvalue weighted by Crippen LogP contribution is 2.32. The fourth-order valence-electron chi connectivity index (χ4n) is 2.47. The van der Waals surface area contributed by atoms with E-state index in [1.54, 1.807) is 6.08 Å². The monoisotopic (exact) mass is 389 g/mol. The lowest BCUT2D eigenvalue weighted by atomic mass is 10.2. The first-order chi connectivity index (χ1) is 12.5. The maximum absolute atomic E-state index is 12.2. The highest BCUT2D eigenvalue weighted by molar-refractivity contribution is 7.16. The molecule has 7 nitrogen and oxygen atoms in total. The van der Waals surface area contributed by atoms with Gasteiger partial charge in [-0.15, -0.1) is 11.3 Å². The van der Waals surface area contributed by atoms with Crippen LogP contribution in [0, 0.1) is 10.1 Å². The number of carbonyl (C=O) groups is 1. The van der Waals surface area contributed by atoms with Crippen LogP contribution in [-0.4, -0.2) is 22.5 Å². The summed E-state index contributed by atoms with van der Waals surface area (Å²) in [4.78, 5) is 28.4. The van der Waals surface area contributed by atoms with Crippen LogP contribution in [-0.2, 0) is 11.3 Å². The third-order valence-corrected chi connectivity index (χ3v) is 5.48. The van der Waals surface area contributed by atoms with Crippen LogP contribution in [0.4, 0.5) is 5.69 Å². The van der Waals surface area contributed by atoms with Crippen molar-refractivity contribution in [3.8, 4) is 5.75 Å². The van der Waals surface area contributed by atoms with Crippen molar-refractivity contribution in [1.29, 1.82) is 0 Å². The minimum absolute atomic E-state index is 0.0608. The minimum Gasteiger partial charge on any atom is -0.494 e. The van der Waals surface area contributed by atoms with Crippen LogP contribution in [0.25, 0.3) is 16.3 Å². The topological polar surface area (TPSA) is 86.7 Å². The highest BCUT2D eigenvalue weighted by Gasteiger charge is 2.17. The van der Waals surface area contributed by atoms with Gasteiger partial charge in [-0.25, -0.2) is 0 Å². The van der Waals surface area contributed by atoms with E-state index in [-0.39, 0.29) is 11.6 Å². The summed E-state index contributed by atoms with van der Waals surface area (Å²) in [5.74, 6) is -0.00375. The first-order valence-corrected chi connectivity index (χ1v) is 9.39. The molecule has 0 fully saturated rings.